The lowest BCUT2D eigenvalue weighted by Crippen LogP contribution is -2.06. The first-order valence-electron chi connectivity index (χ1n) is 27.3. The average Bonchev–Trinajstić information content (AvgIpc) is 3.44. The predicted molar refractivity (Wildman–Crippen MR) is 303 cm³/mol. The van der Waals surface area contributed by atoms with Gasteiger partial charge < -0.3 is 18.9 Å². The van der Waals surface area contributed by atoms with Gasteiger partial charge in [-0.3, -0.25) is 19.2 Å². The van der Waals surface area contributed by atoms with Crippen LogP contribution in [0.4, 0.5) is 0 Å². The lowest BCUT2D eigenvalue weighted by atomic mass is 9.86. The van der Waals surface area contributed by atoms with Crippen molar-refractivity contribution in [3.05, 3.63) is 131 Å². The van der Waals surface area contributed by atoms with Gasteiger partial charge in [0, 0.05) is 44.5 Å². The van der Waals surface area contributed by atoms with Crippen LogP contribution in [0.25, 0.3) is 66.1 Å². The number of unbranched alkanes of at least 4 members (excludes halogenated alkanes) is 12. The number of carbonyl (C=O) groups excluding carboxylic acids is 4. The number of rotatable bonds is 32. The molecule has 0 N–H and O–H groups in total. The third kappa shape index (κ3) is 13.4. The fraction of sp³-hybridized carbons (Fsp3) is 0.364. The summed E-state index contributed by atoms with van der Waals surface area (Å²) >= 11 is 0. The summed E-state index contributed by atoms with van der Waals surface area (Å²) in [7, 11) is 0. The molecule has 0 bridgehead atoms. The maximum absolute atomic E-state index is 13.5. The average molecular weight is 995 g/mol. The Morgan fingerprint density at radius 1 is 0.311 bits per heavy atom. The summed E-state index contributed by atoms with van der Waals surface area (Å²) in [5.41, 5.74) is 6.25. The highest BCUT2D eigenvalue weighted by Crippen LogP contribution is 2.48. The second kappa shape index (κ2) is 28.4. The van der Waals surface area contributed by atoms with E-state index in [1.165, 1.54) is 0 Å². The minimum atomic E-state index is 0.351. The van der Waals surface area contributed by atoms with E-state index < -0.39 is 0 Å². The van der Waals surface area contributed by atoms with Crippen LogP contribution < -0.4 is 18.9 Å². The van der Waals surface area contributed by atoms with Crippen molar-refractivity contribution >= 4 is 46.7 Å². The lowest BCUT2D eigenvalue weighted by molar-refractivity contribution is 0.111. The second-order valence-corrected chi connectivity index (χ2v) is 19.3. The number of hydrogen-bond donors (Lipinski definition) is 0. The van der Waals surface area contributed by atoms with E-state index in [4.69, 9.17) is 18.9 Å². The number of carbonyl (C=O) groups is 4. The van der Waals surface area contributed by atoms with Crippen LogP contribution in [-0.2, 0) is 0 Å². The minimum absolute atomic E-state index is 0.351. The van der Waals surface area contributed by atoms with Gasteiger partial charge in [-0.15, -0.1) is 0 Å². The van der Waals surface area contributed by atoms with Crippen molar-refractivity contribution < 1.29 is 38.1 Å². The molecule has 0 spiro atoms. The zero-order chi connectivity index (χ0) is 52.1. The van der Waals surface area contributed by atoms with Gasteiger partial charge in [0.25, 0.3) is 0 Å². The van der Waals surface area contributed by atoms with Gasteiger partial charge in [0.1, 0.15) is 23.0 Å². The molecule has 386 valence electrons. The Balaban J connectivity index is 1.42. The Kier molecular flexibility index (Phi) is 21.0. The van der Waals surface area contributed by atoms with Crippen LogP contribution >= 0.6 is 0 Å². The zero-order valence-electron chi connectivity index (χ0n) is 44.1. The predicted octanol–water partition coefficient (Wildman–Crippen LogP) is 17.7. The number of ether oxygens (including phenoxy) is 4. The molecule has 0 atom stereocenters. The van der Waals surface area contributed by atoms with Gasteiger partial charge >= 0.3 is 0 Å². The summed E-state index contributed by atoms with van der Waals surface area (Å²) < 4.78 is 26.5. The Morgan fingerprint density at radius 3 is 0.959 bits per heavy atom. The molecular formula is C66H74O8. The van der Waals surface area contributed by atoms with Crippen molar-refractivity contribution in [1.29, 1.82) is 0 Å². The molecule has 0 aliphatic rings. The van der Waals surface area contributed by atoms with Crippen LogP contribution in [0.3, 0.4) is 0 Å². The van der Waals surface area contributed by atoms with Gasteiger partial charge in [-0.25, -0.2) is 0 Å². The number of benzene rings is 7. The molecule has 0 radical (unpaired) electrons. The Hall–Kier alpha value is -7.06. The van der Waals surface area contributed by atoms with Crippen LogP contribution in [0, 0.1) is 0 Å². The molecule has 0 fully saturated rings. The first-order chi connectivity index (χ1) is 36.4. The smallest absolute Gasteiger partial charge is 0.150 e. The van der Waals surface area contributed by atoms with E-state index >= 15 is 0 Å². The molecule has 0 unspecified atom stereocenters. The summed E-state index contributed by atoms with van der Waals surface area (Å²) in [4.78, 5) is 53.9. The summed E-state index contributed by atoms with van der Waals surface area (Å²) in [6.07, 6.45) is 19.4. The topological polar surface area (TPSA) is 105 Å². The van der Waals surface area contributed by atoms with Crippen LogP contribution in [-0.4, -0.2) is 51.6 Å². The van der Waals surface area contributed by atoms with Crippen molar-refractivity contribution in [2.24, 2.45) is 0 Å². The van der Waals surface area contributed by atoms with Crippen molar-refractivity contribution in [3.8, 4) is 67.5 Å². The van der Waals surface area contributed by atoms with Gasteiger partial charge in [-0.1, -0.05) is 165 Å². The highest BCUT2D eigenvalue weighted by Gasteiger charge is 2.25. The van der Waals surface area contributed by atoms with E-state index in [1.807, 2.05) is 84.9 Å². The molecule has 0 amide bonds. The first kappa shape index (κ1) is 54.7. The van der Waals surface area contributed by atoms with Crippen molar-refractivity contribution in [3.63, 3.8) is 0 Å². The van der Waals surface area contributed by atoms with Gasteiger partial charge in [-0.05, 0) is 118 Å². The molecular weight excluding hydrogens is 921 g/mol. The molecule has 0 aliphatic carbocycles. The van der Waals surface area contributed by atoms with E-state index in [2.05, 4.69) is 27.7 Å². The summed E-state index contributed by atoms with van der Waals surface area (Å²) in [5.74, 6) is 2.19. The molecule has 74 heavy (non-hydrogen) atoms. The van der Waals surface area contributed by atoms with Gasteiger partial charge in [-0.2, -0.15) is 0 Å². The normalized spacial score (nSPS) is 11.2. The van der Waals surface area contributed by atoms with E-state index in [9.17, 15) is 19.2 Å². The zero-order valence-corrected chi connectivity index (χ0v) is 44.1. The maximum atomic E-state index is 13.5. The van der Waals surface area contributed by atoms with Gasteiger partial charge in [0.15, 0.2) is 25.1 Å². The fourth-order valence-electron chi connectivity index (χ4n) is 9.92. The summed E-state index contributed by atoms with van der Waals surface area (Å²) in [5, 5.41) is 3.77. The van der Waals surface area contributed by atoms with Crippen molar-refractivity contribution in [2.75, 3.05) is 26.4 Å². The third-order valence-corrected chi connectivity index (χ3v) is 14.0. The van der Waals surface area contributed by atoms with Gasteiger partial charge in [0.2, 0.25) is 0 Å². The molecule has 0 saturated carbocycles. The molecule has 0 heterocycles. The highest BCUT2D eigenvalue weighted by atomic mass is 16.5. The maximum Gasteiger partial charge on any atom is 0.150 e. The molecule has 0 saturated heterocycles. The Morgan fingerprint density at radius 2 is 0.622 bits per heavy atom. The van der Waals surface area contributed by atoms with E-state index in [1.54, 1.807) is 24.3 Å². The summed E-state index contributed by atoms with van der Waals surface area (Å²) in [6.45, 7) is 10.5. The molecule has 0 aromatic heterocycles. The number of hydrogen-bond acceptors (Lipinski definition) is 8. The van der Waals surface area contributed by atoms with E-state index in [0.717, 1.165) is 161 Å². The molecule has 8 nitrogen and oxygen atoms in total. The van der Waals surface area contributed by atoms with E-state index in [-0.39, 0.29) is 0 Å². The van der Waals surface area contributed by atoms with Gasteiger partial charge in [0.05, 0.1) is 26.4 Å². The van der Waals surface area contributed by atoms with Crippen LogP contribution in [0.5, 0.6) is 23.0 Å². The lowest BCUT2D eigenvalue weighted by Gasteiger charge is -2.22. The van der Waals surface area contributed by atoms with Crippen LogP contribution in [0.15, 0.2) is 109 Å². The molecule has 0 aliphatic heterocycles. The quantitative estimate of drug-likeness (QED) is 0.0303. The van der Waals surface area contributed by atoms with Crippen LogP contribution in [0.1, 0.15) is 172 Å². The van der Waals surface area contributed by atoms with Crippen molar-refractivity contribution in [2.45, 2.75) is 130 Å². The largest absolute Gasteiger partial charge is 0.493 e. The Bertz CT molecular complexity index is 2800. The van der Waals surface area contributed by atoms with Crippen molar-refractivity contribution in [1.82, 2.24) is 0 Å². The standard InChI is InChI=1S/C66H74O8/c1-5-9-13-21-33-71-61-31-29-47-25-17-19-27-53(47)65(61)57-39-49(43-67)55(37-51(57)45-69)59-41-64(74-36-24-16-12-8-4)60(42-63(59)73-35-23-15-11-7-3)56-38-52(46-70)58(40-50(56)44-68)66-54-28-20-18-26-48(54)30-32-62(66)72-34-22-14-10-6-2/h17-20,25-32,37-46H,5-16,21-24,33-36H2,1-4H3. The highest BCUT2D eigenvalue weighted by molar-refractivity contribution is 6.08. The number of aldehydes is 4. The Labute approximate surface area is 438 Å². The second-order valence-electron chi connectivity index (χ2n) is 19.3. The summed E-state index contributed by atoms with van der Waals surface area (Å²) in [6, 6.07) is 34.8. The number of fused-ring (bicyclic) bond motifs is 2. The van der Waals surface area contributed by atoms with E-state index in [0.29, 0.717) is 105 Å². The first-order valence-corrected chi connectivity index (χ1v) is 27.3. The minimum Gasteiger partial charge on any atom is -0.493 e. The third-order valence-electron chi connectivity index (χ3n) is 14.0. The monoisotopic (exact) mass is 995 g/mol. The molecule has 8 heteroatoms. The van der Waals surface area contributed by atoms with Crippen LogP contribution in [0.2, 0.25) is 0 Å². The molecule has 7 aromatic carbocycles. The SMILES string of the molecule is CCCCCCOc1cc(-c2cc(C=O)c(-c3c(OCCCCCC)ccc4ccccc34)cc2C=O)c(OCCCCCC)cc1-c1cc(C=O)c(-c2c(OCCCCCC)ccc3ccccc23)cc1C=O. The molecule has 7 aromatic rings. The molecule has 7 rings (SSSR count). The fourth-order valence-corrected chi connectivity index (χ4v) is 9.92.